The number of nitrogens with zero attached hydrogens (tertiary/aromatic N) is 6. The van der Waals surface area contributed by atoms with Gasteiger partial charge in [0.15, 0.2) is 11.5 Å². The predicted molar refractivity (Wildman–Crippen MR) is 78.2 cm³/mol. The highest BCUT2D eigenvalue weighted by atomic mass is 16.1. The molecule has 0 amide bonds. The second kappa shape index (κ2) is 4.97. The number of hydrogen-bond acceptors (Lipinski definition) is 6. The summed E-state index contributed by atoms with van der Waals surface area (Å²) in [6.07, 6.45) is 3.35. The summed E-state index contributed by atoms with van der Waals surface area (Å²) in [6.45, 7) is 2.05. The van der Waals surface area contributed by atoms with Crippen molar-refractivity contribution in [2.24, 2.45) is 7.05 Å². The molecule has 0 aromatic carbocycles. The van der Waals surface area contributed by atoms with Crippen LogP contribution < -0.4 is 10.9 Å². The van der Waals surface area contributed by atoms with Crippen molar-refractivity contribution < 1.29 is 0 Å². The molecular formula is C13H15N7O. The summed E-state index contributed by atoms with van der Waals surface area (Å²) in [7, 11) is 3.60. The first-order valence-electron chi connectivity index (χ1n) is 6.48. The molecule has 3 rings (SSSR count). The van der Waals surface area contributed by atoms with Gasteiger partial charge in [-0.2, -0.15) is 10.2 Å². The van der Waals surface area contributed by atoms with Crippen LogP contribution in [-0.2, 0) is 13.6 Å². The number of rotatable bonds is 3. The van der Waals surface area contributed by atoms with Gasteiger partial charge >= 0.3 is 0 Å². The zero-order chi connectivity index (χ0) is 15.0. The Hall–Kier alpha value is -2.77. The van der Waals surface area contributed by atoms with Crippen LogP contribution in [-0.4, -0.2) is 36.6 Å². The summed E-state index contributed by atoms with van der Waals surface area (Å²) < 4.78 is 3.01. The van der Waals surface area contributed by atoms with E-state index < -0.39 is 0 Å². The van der Waals surface area contributed by atoms with Crippen LogP contribution in [0.5, 0.6) is 0 Å². The van der Waals surface area contributed by atoms with Crippen LogP contribution in [0, 0.1) is 6.92 Å². The maximum absolute atomic E-state index is 11.9. The lowest BCUT2D eigenvalue weighted by Crippen LogP contribution is -2.24. The Morgan fingerprint density at radius 1 is 1.24 bits per heavy atom. The lowest BCUT2D eigenvalue weighted by atomic mass is 10.3. The lowest BCUT2D eigenvalue weighted by molar-refractivity contribution is 0.612. The van der Waals surface area contributed by atoms with Gasteiger partial charge in [-0.25, -0.2) is 14.6 Å². The average Bonchev–Trinajstić information content (AvgIpc) is 2.83. The van der Waals surface area contributed by atoms with Crippen molar-refractivity contribution in [3.05, 3.63) is 40.2 Å². The quantitative estimate of drug-likeness (QED) is 0.745. The van der Waals surface area contributed by atoms with E-state index in [0.717, 1.165) is 10.9 Å². The molecule has 0 spiro atoms. The van der Waals surface area contributed by atoms with E-state index in [1.54, 1.807) is 24.1 Å². The molecule has 0 aliphatic heterocycles. The van der Waals surface area contributed by atoms with Crippen LogP contribution in [0.3, 0.4) is 0 Å². The van der Waals surface area contributed by atoms with Gasteiger partial charge in [0.05, 0.1) is 17.8 Å². The molecule has 0 saturated carbocycles. The molecule has 3 aromatic heterocycles. The van der Waals surface area contributed by atoms with Crippen molar-refractivity contribution in [1.82, 2.24) is 29.5 Å². The molecule has 0 bridgehead atoms. The summed E-state index contributed by atoms with van der Waals surface area (Å²) in [5, 5.41) is 12.1. The monoisotopic (exact) mass is 285 g/mol. The summed E-state index contributed by atoms with van der Waals surface area (Å²) in [6, 6.07) is 1.54. The third-order valence-corrected chi connectivity index (χ3v) is 3.17. The fourth-order valence-electron chi connectivity index (χ4n) is 2.11. The fourth-order valence-corrected chi connectivity index (χ4v) is 2.11. The van der Waals surface area contributed by atoms with E-state index in [4.69, 9.17) is 0 Å². The molecule has 1 N–H and O–H groups in total. The first-order valence-corrected chi connectivity index (χ1v) is 6.48. The smallest absolute Gasteiger partial charge is 0.267 e. The van der Waals surface area contributed by atoms with Crippen LogP contribution in [0.1, 0.15) is 11.4 Å². The lowest BCUT2D eigenvalue weighted by Gasteiger charge is -2.07. The van der Waals surface area contributed by atoms with Gasteiger partial charge in [0.2, 0.25) is 0 Å². The van der Waals surface area contributed by atoms with Crippen molar-refractivity contribution in [2.75, 3.05) is 12.4 Å². The molecule has 0 unspecified atom stereocenters. The Morgan fingerprint density at radius 2 is 2.05 bits per heavy atom. The van der Waals surface area contributed by atoms with E-state index in [9.17, 15) is 4.79 Å². The van der Waals surface area contributed by atoms with Crippen LogP contribution in [0.4, 0.5) is 5.82 Å². The van der Waals surface area contributed by atoms with Gasteiger partial charge in [-0.15, -0.1) is 0 Å². The Labute approximate surface area is 120 Å². The van der Waals surface area contributed by atoms with Gasteiger partial charge in [-0.3, -0.25) is 9.48 Å². The summed E-state index contributed by atoms with van der Waals surface area (Å²) in [5.41, 5.74) is 1.37. The number of hydrogen-bond donors (Lipinski definition) is 1. The highest BCUT2D eigenvalue weighted by Crippen LogP contribution is 2.18. The molecule has 0 atom stereocenters. The van der Waals surface area contributed by atoms with Crippen molar-refractivity contribution in [3.8, 4) is 0 Å². The molecule has 0 saturated heterocycles. The Bertz CT molecular complexity index is 865. The number of nitrogens with one attached hydrogen (secondary N) is 1. The van der Waals surface area contributed by atoms with Crippen molar-refractivity contribution in [1.29, 1.82) is 0 Å². The normalized spacial score (nSPS) is 11.0. The van der Waals surface area contributed by atoms with Gasteiger partial charge < -0.3 is 5.32 Å². The molecule has 3 aromatic rings. The predicted octanol–water partition coefficient (Wildman–Crippen LogP) is 0.318. The number of anilines is 1. The molecule has 0 fully saturated rings. The zero-order valence-electron chi connectivity index (χ0n) is 12.0. The van der Waals surface area contributed by atoms with Gasteiger partial charge in [-0.05, 0) is 12.5 Å². The Kier molecular flexibility index (Phi) is 3.13. The number of aryl methyl sites for hydroxylation is 2. The summed E-state index contributed by atoms with van der Waals surface area (Å²) >= 11 is 0. The molecule has 3 heterocycles. The van der Waals surface area contributed by atoms with E-state index >= 15 is 0 Å². The standard InChI is InChI=1S/C13H15N7O/c1-8-4-11(21)20(16-5-8)7-10-17-12(14-2)9-6-15-19(3)13(9)18-10/h4-6H,7H2,1-3H3,(H,14,17,18). The molecular weight excluding hydrogens is 270 g/mol. The number of fused-ring (bicyclic) bond motifs is 1. The maximum Gasteiger partial charge on any atom is 0.267 e. The molecule has 0 radical (unpaired) electrons. The van der Waals surface area contributed by atoms with E-state index in [2.05, 4.69) is 25.5 Å². The van der Waals surface area contributed by atoms with Crippen LogP contribution in [0.15, 0.2) is 23.3 Å². The number of aromatic nitrogens is 6. The van der Waals surface area contributed by atoms with Crippen molar-refractivity contribution in [3.63, 3.8) is 0 Å². The zero-order valence-corrected chi connectivity index (χ0v) is 12.0. The third-order valence-electron chi connectivity index (χ3n) is 3.17. The summed E-state index contributed by atoms with van der Waals surface area (Å²) in [5.74, 6) is 1.19. The minimum atomic E-state index is -0.172. The van der Waals surface area contributed by atoms with E-state index in [-0.39, 0.29) is 12.1 Å². The highest BCUT2D eigenvalue weighted by Gasteiger charge is 2.11. The largest absolute Gasteiger partial charge is 0.372 e. The Morgan fingerprint density at radius 3 is 2.76 bits per heavy atom. The van der Waals surface area contributed by atoms with E-state index in [0.29, 0.717) is 17.3 Å². The molecule has 21 heavy (non-hydrogen) atoms. The maximum atomic E-state index is 11.9. The molecule has 0 aliphatic rings. The first-order chi connectivity index (χ1) is 10.1. The second-order valence-corrected chi connectivity index (χ2v) is 4.77. The summed E-state index contributed by atoms with van der Waals surface area (Å²) in [4.78, 5) is 20.8. The van der Waals surface area contributed by atoms with Gasteiger partial charge in [0.1, 0.15) is 12.4 Å². The van der Waals surface area contributed by atoms with E-state index in [1.807, 2.05) is 14.0 Å². The molecule has 8 nitrogen and oxygen atoms in total. The van der Waals surface area contributed by atoms with Gasteiger partial charge in [0.25, 0.3) is 5.56 Å². The van der Waals surface area contributed by atoms with E-state index in [1.165, 1.54) is 10.7 Å². The Balaban J connectivity index is 2.08. The van der Waals surface area contributed by atoms with Crippen LogP contribution in [0.25, 0.3) is 11.0 Å². The fraction of sp³-hybridized carbons (Fsp3) is 0.308. The van der Waals surface area contributed by atoms with Crippen LogP contribution >= 0.6 is 0 Å². The molecule has 8 heteroatoms. The SMILES string of the molecule is CNc1nc(Cn2ncc(C)cc2=O)nc2c1cnn2C. The minimum absolute atomic E-state index is 0.172. The minimum Gasteiger partial charge on any atom is -0.372 e. The average molecular weight is 285 g/mol. The van der Waals surface area contributed by atoms with Crippen LogP contribution in [0.2, 0.25) is 0 Å². The topological polar surface area (TPSA) is 90.5 Å². The highest BCUT2D eigenvalue weighted by molar-refractivity contribution is 5.86. The first kappa shape index (κ1) is 13.2. The van der Waals surface area contributed by atoms with Crippen molar-refractivity contribution in [2.45, 2.75) is 13.5 Å². The second-order valence-electron chi connectivity index (χ2n) is 4.77. The molecule has 0 aliphatic carbocycles. The van der Waals surface area contributed by atoms with Crippen molar-refractivity contribution >= 4 is 16.9 Å². The van der Waals surface area contributed by atoms with Gasteiger partial charge in [-0.1, -0.05) is 0 Å². The molecule has 108 valence electrons. The van der Waals surface area contributed by atoms with Gasteiger partial charge in [0, 0.05) is 20.2 Å². The third kappa shape index (κ3) is 2.35.